The van der Waals surface area contributed by atoms with Crippen LogP contribution in [0.15, 0.2) is 24.3 Å². The van der Waals surface area contributed by atoms with Gasteiger partial charge in [-0.3, -0.25) is 4.79 Å². The first kappa shape index (κ1) is 13.1. The molecule has 1 aliphatic heterocycles. The predicted molar refractivity (Wildman–Crippen MR) is 74.8 cm³/mol. The minimum absolute atomic E-state index is 0.139. The maximum absolute atomic E-state index is 12.5. The largest absolute Gasteiger partial charge is 0.316 e. The highest BCUT2D eigenvalue weighted by atomic mass is 16.2. The fourth-order valence-corrected chi connectivity index (χ4v) is 2.47. The molecule has 1 aliphatic rings. The average molecular weight is 246 g/mol. The summed E-state index contributed by atoms with van der Waals surface area (Å²) in [5, 5.41) is 3.31. The number of amides is 1. The van der Waals surface area contributed by atoms with Crippen LogP contribution in [0.5, 0.6) is 0 Å². The van der Waals surface area contributed by atoms with Crippen LogP contribution in [0, 0.1) is 12.8 Å². The van der Waals surface area contributed by atoms with E-state index in [1.54, 1.807) is 0 Å². The lowest BCUT2D eigenvalue weighted by Gasteiger charge is -2.29. The molecule has 1 aromatic carbocycles. The van der Waals surface area contributed by atoms with Crippen molar-refractivity contribution in [2.75, 3.05) is 24.5 Å². The second-order valence-corrected chi connectivity index (χ2v) is 4.96. The van der Waals surface area contributed by atoms with Crippen LogP contribution in [-0.2, 0) is 4.79 Å². The first-order valence-corrected chi connectivity index (χ1v) is 6.81. The Labute approximate surface area is 109 Å². The Hall–Kier alpha value is -1.35. The number of nitrogens with one attached hydrogen (secondary N) is 1. The van der Waals surface area contributed by atoms with Crippen molar-refractivity contribution in [3.05, 3.63) is 29.8 Å². The van der Waals surface area contributed by atoms with E-state index in [0.717, 1.165) is 38.2 Å². The molecule has 1 heterocycles. The summed E-state index contributed by atoms with van der Waals surface area (Å²) in [6.07, 6.45) is 2.11. The van der Waals surface area contributed by atoms with E-state index in [1.807, 2.05) is 24.0 Å². The maximum Gasteiger partial charge on any atom is 0.231 e. The Kier molecular flexibility index (Phi) is 4.37. The first-order chi connectivity index (χ1) is 8.72. The highest BCUT2D eigenvalue weighted by molar-refractivity contribution is 5.95. The van der Waals surface area contributed by atoms with Crippen LogP contribution in [0.2, 0.25) is 0 Å². The van der Waals surface area contributed by atoms with Crippen molar-refractivity contribution in [2.24, 2.45) is 5.92 Å². The molecule has 2 rings (SSSR count). The summed E-state index contributed by atoms with van der Waals surface area (Å²) < 4.78 is 0. The van der Waals surface area contributed by atoms with Gasteiger partial charge in [-0.25, -0.2) is 0 Å². The fraction of sp³-hybridized carbons (Fsp3) is 0.533. The lowest BCUT2D eigenvalue weighted by atomic mass is 9.98. The van der Waals surface area contributed by atoms with Crippen molar-refractivity contribution in [1.82, 2.24) is 5.32 Å². The maximum atomic E-state index is 12.5. The highest BCUT2D eigenvalue weighted by Gasteiger charge is 2.25. The van der Waals surface area contributed by atoms with Crippen molar-refractivity contribution in [2.45, 2.75) is 26.7 Å². The molecule has 98 valence electrons. The Morgan fingerprint density at radius 1 is 1.39 bits per heavy atom. The summed E-state index contributed by atoms with van der Waals surface area (Å²) in [6, 6.07) is 8.19. The number of hydrogen-bond acceptors (Lipinski definition) is 2. The van der Waals surface area contributed by atoms with Gasteiger partial charge in [-0.2, -0.15) is 0 Å². The van der Waals surface area contributed by atoms with Crippen molar-refractivity contribution in [3.8, 4) is 0 Å². The standard InChI is InChI=1S/C15H22N2O/c1-3-17(14-8-6-12(2)7-9-14)15(18)13-5-4-10-16-11-13/h6-9,13,16H,3-5,10-11H2,1-2H3/t13-/m0/s1. The number of rotatable bonds is 3. The number of nitrogens with zero attached hydrogens (tertiary/aromatic N) is 1. The normalized spacial score (nSPS) is 19.6. The molecule has 1 fully saturated rings. The Morgan fingerprint density at radius 2 is 2.11 bits per heavy atom. The van der Waals surface area contributed by atoms with Crippen molar-refractivity contribution >= 4 is 11.6 Å². The number of anilines is 1. The fourth-order valence-electron chi connectivity index (χ4n) is 2.47. The lowest BCUT2D eigenvalue weighted by molar-refractivity contribution is -0.122. The quantitative estimate of drug-likeness (QED) is 0.888. The molecule has 18 heavy (non-hydrogen) atoms. The van der Waals surface area contributed by atoms with Crippen LogP contribution < -0.4 is 10.2 Å². The SMILES string of the molecule is CCN(C(=O)[C@H]1CCCNC1)c1ccc(C)cc1. The van der Waals surface area contributed by atoms with Gasteiger partial charge in [0.25, 0.3) is 0 Å². The topological polar surface area (TPSA) is 32.3 Å². The third-order valence-electron chi connectivity index (χ3n) is 3.57. The van der Waals surface area contributed by atoms with E-state index >= 15 is 0 Å². The molecule has 0 bridgehead atoms. The zero-order valence-corrected chi connectivity index (χ0v) is 11.3. The molecule has 1 saturated heterocycles. The third kappa shape index (κ3) is 2.91. The lowest BCUT2D eigenvalue weighted by Crippen LogP contribution is -2.43. The van der Waals surface area contributed by atoms with E-state index < -0.39 is 0 Å². The number of hydrogen-bond donors (Lipinski definition) is 1. The van der Waals surface area contributed by atoms with Gasteiger partial charge in [0.05, 0.1) is 5.92 Å². The van der Waals surface area contributed by atoms with Gasteiger partial charge in [0.15, 0.2) is 0 Å². The molecule has 3 nitrogen and oxygen atoms in total. The van der Waals surface area contributed by atoms with E-state index in [0.29, 0.717) is 0 Å². The average Bonchev–Trinajstić information content (AvgIpc) is 2.42. The number of carbonyl (C=O) groups excluding carboxylic acids is 1. The monoisotopic (exact) mass is 246 g/mol. The van der Waals surface area contributed by atoms with E-state index in [1.165, 1.54) is 5.56 Å². The van der Waals surface area contributed by atoms with Gasteiger partial charge in [-0.1, -0.05) is 17.7 Å². The minimum atomic E-state index is 0.139. The van der Waals surface area contributed by atoms with Crippen LogP contribution in [0.4, 0.5) is 5.69 Å². The van der Waals surface area contributed by atoms with Crippen LogP contribution in [-0.4, -0.2) is 25.5 Å². The molecule has 0 spiro atoms. The van der Waals surface area contributed by atoms with E-state index in [4.69, 9.17) is 0 Å². The number of carbonyl (C=O) groups is 1. The molecule has 1 amide bonds. The van der Waals surface area contributed by atoms with Crippen LogP contribution >= 0.6 is 0 Å². The van der Waals surface area contributed by atoms with Crippen molar-refractivity contribution in [1.29, 1.82) is 0 Å². The molecule has 1 N–H and O–H groups in total. The predicted octanol–water partition coefficient (Wildman–Crippen LogP) is 2.35. The summed E-state index contributed by atoms with van der Waals surface area (Å²) in [6.45, 7) is 6.70. The molecular formula is C15H22N2O. The number of benzene rings is 1. The molecule has 0 aromatic heterocycles. The van der Waals surface area contributed by atoms with E-state index in [2.05, 4.69) is 24.4 Å². The Morgan fingerprint density at radius 3 is 2.67 bits per heavy atom. The van der Waals surface area contributed by atoms with Gasteiger partial charge in [-0.05, 0) is 45.4 Å². The number of aryl methyl sites for hydroxylation is 1. The molecule has 1 atom stereocenters. The van der Waals surface area contributed by atoms with Crippen LogP contribution in [0.3, 0.4) is 0 Å². The molecule has 3 heteroatoms. The van der Waals surface area contributed by atoms with Gasteiger partial charge in [0, 0.05) is 18.8 Å². The smallest absolute Gasteiger partial charge is 0.231 e. The second kappa shape index (κ2) is 6.01. The van der Waals surface area contributed by atoms with Gasteiger partial charge in [0.1, 0.15) is 0 Å². The summed E-state index contributed by atoms with van der Waals surface area (Å²) in [4.78, 5) is 14.4. The second-order valence-electron chi connectivity index (χ2n) is 4.96. The molecular weight excluding hydrogens is 224 g/mol. The first-order valence-electron chi connectivity index (χ1n) is 6.81. The Bertz CT molecular complexity index is 393. The highest BCUT2D eigenvalue weighted by Crippen LogP contribution is 2.20. The number of piperidine rings is 1. The third-order valence-corrected chi connectivity index (χ3v) is 3.57. The van der Waals surface area contributed by atoms with Crippen molar-refractivity contribution in [3.63, 3.8) is 0 Å². The van der Waals surface area contributed by atoms with E-state index in [9.17, 15) is 4.79 Å². The van der Waals surface area contributed by atoms with Gasteiger partial charge in [0.2, 0.25) is 5.91 Å². The van der Waals surface area contributed by atoms with Gasteiger partial charge >= 0.3 is 0 Å². The summed E-state index contributed by atoms with van der Waals surface area (Å²) >= 11 is 0. The van der Waals surface area contributed by atoms with Crippen molar-refractivity contribution < 1.29 is 4.79 Å². The summed E-state index contributed by atoms with van der Waals surface area (Å²) in [5.41, 5.74) is 2.24. The summed E-state index contributed by atoms with van der Waals surface area (Å²) in [5.74, 6) is 0.397. The van der Waals surface area contributed by atoms with E-state index in [-0.39, 0.29) is 11.8 Å². The Balaban J connectivity index is 2.12. The minimum Gasteiger partial charge on any atom is -0.316 e. The zero-order valence-electron chi connectivity index (χ0n) is 11.3. The zero-order chi connectivity index (χ0) is 13.0. The molecule has 1 aromatic rings. The van der Waals surface area contributed by atoms with Crippen LogP contribution in [0.1, 0.15) is 25.3 Å². The van der Waals surface area contributed by atoms with Crippen LogP contribution in [0.25, 0.3) is 0 Å². The molecule has 0 aliphatic carbocycles. The summed E-state index contributed by atoms with van der Waals surface area (Å²) in [7, 11) is 0. The van der Waals surface area contributed by atoms with Gasteiger partial charge < -0.3 is 10.2 Å². The molecule has 0 saturated carbocycles. The molecule has 0 unspecified atom stereocenters. The molecule has 0 radical (unpaired) electrons. The van der Waals surface area contributed by atoms with Gasteiger partial charge in [-0.15, -0.1) is 0 Å².